The number of methoxy groups -OCH3 is 1. The van der Waals surface area contributed by atoms with Crippen LogP contribution in [0.15, 0.2) is 60.9 Å². The van der Waals surface area contributed by atoms with Gasteiger partial charge in [0, 0.05) is 37.3 Å². The molecule has 0 saturated carbocycles. The number of aromatic carboxylic acids is 1. The van der Waals surface area contributed by atoms with Gasteiger partial charge >= 0.3 is 11.9 Å². The zero-order chi connectivity index (χ0) is 22.4. The van der Waals surface area contributed by atoms with Crippen molar-refractivity contribution in [2.45, 2.75) is 0 Å². The Labute approximate surface area is 178 Å². The maximum atomic E-state index is 11.4. The predicted molar refractivity (Wildman–Crippen MR) is 121 cm³/mol. The number of ether oxygens (including phenoxy) is 1. The van der Waals surface area contributed by atoms with Crippen molar-refractivity contribution in [2.24, 2.45) is 0 Å². The standard InChI is InChI=1S/C12H12N2O2.C11H10N2O2/c1-13-11-6-10-5-8(12(15)16-2)3-4-9(10)7-14-11;1-12-10-5-9-4-7(11(14)15)2-3-8(9)6-13-10/h3-7H,1-2H3,(H,13,14);2-6H,1H3,(H,12,13)(H,14,15). The number of hydrogen-bond acceptors (Lipinski definition) is 7. The number of esters is 1. The highest BCUT2D eigenvalue weighted by Crippen LogP contribution is 2.19. The summed E-state index contributed by atoms with van der Waals surface area (Å²) in [7, 11) is 4.95. The van der Waals surface area contributed by atoms with E-state index in [1.165, 1.54) is 7.11 Å². The van der Waals surface area contributed by atoms with Gasteiger partial charge in [0.05, 0.1) is 18.2 Å². The molecule has 4 rings (SSSR count). The molecule has 2 aromatic heterocycles. The van der Waals surface area contributed by atoms with E-state index in [1.807, 2.05) is 18.2 Å². The van der Waals surface area contributed by atoms with Crippen molar-refractivity contribution in [3.8, 4) is 0 Å². The molecule has 4 aromatic rings. The van der Waals surface area contributed by atoms with E-state index in [4.69, 9.17) is 5.11 Å². The first-order valence-corrected chi connectivity index (χ1v) is 9.42. The molecule has 0 radical (unpaired) electrons. The predicted octanol–water partition coefficient (Wildman–Crippen LogP) is 4.04. The Morgan fingerprint density at radius 2 is 1.26 bits per heavy atom. The molecule has 8 nitrogen and oxygen atoms in total. The zero-order valence-electron chi connectivity index (χ0n) is 17.3. The number of rotatable bonds is 4. The molecular weight excluding hydrogens is 396 g/mol. The number of benzene rings is 2. The summed E-state index contributed by atoms with van der Waals surface area (Å²) >= 11 is 0. The first-order chi connectivity index (χ1) is 14.9. The van der Waals surface area contributed by atoms with Gasteiger partial charge in [0.25, 0.3) is 0 Å². The maximum absolute atomic E-state index is 11.4. The molecule has 2 aromatic carbocycles. The Morgan fingerprint density at radius 1 is 0.774 bits per heavy atom. The van der Waals surface area contributed by atoms with Gasteiger partial charge < -0.3 is 20.5 Å². The van der Waals surface area contributed by atoms with Crippen molar-refractivity contribution in [1.82, 2.24) is 9.97 Å². The lowest BCUT2D eigenvalue weighted by molar-refractivity contribution is 0.0600. The van der Waals surface area contributed by atoms with Gasteiger partial charge in [-0.05, 0) is 47.2 Å². The van der Waals surface area contributed by atoms with Crippen LogP contribution in [0, 0.1) is 0 Å². The van der Waals surface area contributed by atoms with Gasteiger partial charge in [-0.1, -0.05) is 12.1 Å². The minimum absolute atomic E-state index is 0.288. The Balaban J connectivity index is 0.000000176. The van der Waals surface area contributed by atoms with Crippen LogP contribution in [0.5, 0.6) is 0 Å². The molecule has 8 heteroatoms. The summed E-state index contributed by atoms with van der Waals surface area (Å²) in [5.74, 6) is 0.254. The largest absolute Gasteiger partial charge is 0.478 e. The Morgan fingerprint density at radius 3 is 1.71 bits per heavy atom. The monoisotopic (exact) mass is 418 g/mol. The molecule has 0 spiro atoms. The number of nitrogens with one attached hydrogen (secondary N) is 2. The van der Waals surface area contributed by atoms with Gasteiger partial charge in [0.1, 0.15) is 11.6 Å². The summed E-state index contributed by atoms with van der Waals surface area (Å²) < 4.78 is 4.67. The number of carboxylic acid groups (broad SMARTS) is 1. The molecule has 3 N–H and O–H groups in total. The highest BCUT2D eigenvalue weighted by Gasteiger charge is 2.06. The van der Waals surface area contributed by atoms with E-state index in [2.05, 4.69) is 25.3 Å². The minimum atomic E-state index is -0.917. The normalized spacial score (nSPS) is 10.2. The fourth-order valence-corrected chi connectivity index (χ4v) is 2.93. The van der Waals surface area contributed by atoms with Gasteiger partial charge in [0.15, 0.2) is 0 Å². The van der Waals surface area contributed by atoms with E-state index in [1.54, 1.807) is 56.8 Å². The number of fused-ring (bicyclic) bond motifs is 2. The number of carboxylic acids is 1. The van der Waals surface area contributed by atoms with E-state index >= 15 is 0 Å². The molecule has 0 atom stereocenters. The van der Waals surface area contributed by atoms with Crippen LogP contribution in [0.4, 0.5) is 11.6 Å². The van der Waals surface area contributed by atoms with Crippen LogP contribution in [-0.4, -0.2) is 48.2 Å². The van der Waals surface area contributed by atoms with Crippen LogP contribution in [0.2, 0.25) is 0 Å². The Hall–Kier alpha value is -4.20. The number of carbonyl (C=O) groups is 2. The molecule has 158 valence electrons. The molecular formula is C23H22N4O4. The summed E-state index contributed by atoms with van der Waals surface area (Å²) in [5, 5.41) is 18.5. The molecule has 0 amide bonds. The van der Waals surface area contributed by atoms with Crippen LogP contribution in [0.3, 0.4) is 0 Å². The number of nitrogens with zero attached hydrogens (tertiary/aromatic N) is 2. The first kappa shape index (κ1) is 21.5. The first-order valence-electron chi connectivity index (χ1n) is 9.42. The molecule has 31 heavy (non-hydrogen) atoms. The SMILES string of the molecule is CNc1cc2cc(C(=O)O)ccc2cn1.CNc1cc2cc(C(=O)OC)ccc2cn1. The van der Waals surface area contributed by atoms with E-state index in [0.29, 0.717) is 5.56 Å². The van der Waals surface area contributed by atoms with Gasteiger partial charge in [-0.25, -0.2) is 19.6 Å². The number of anilines is 2. The number of pyridine rings is 2. The molecule has 0 aliphatic rings. The van der Waals surface area contributed by atoms with Gasteiger partial charge in [-0.3, -0.25) is 0 Å². The third-order valence-electron chi connectivity index (χ3n) is 4.62. The Bertz CT molecular complexity index is 1260. The van der Waals surface area contributed by atoms with Crippen LogP contribution >= 0.6 is 0 Å². The fourth-order valence-electron chi connectivity index (χ4n) is 2.93. The quantitative estimate of drug-likeness (QED) is 0.426. The highest BCUT2D eigenvalue weighted by molar-refractivity contribution is 5.96. The lowest BCUT2D eigenvalue weighted by Gasteiger charge is -2.04. The van der Waals surface area contributed by atoms with Gasteiger partial charge in [-0.15, -0.1) is 0 Å². The lowest BCUT2D eigenvalue weighted by atomic mass is 10.1. The van der Waals surface area contributed by atoms with E-state index in [9.17, 15) is 9.59 Å². The van der Waals surface area contributed by atoms with E-state index < -0.39 is 5.97 Å². The summed E-state index contributed by atoms with van der Waals surface area (Å²) in [4.78, 5) is 30.5. The van der Waals surface area contributed by atoms with Crippen LogP contribution in [-0.2, 0) is 4.74 Å². The van der Waals surface area contributed by atoms with Crippen molar-refractivity contribution in [3.63, 3.8) is 0 Å². The lowest BCUT2D eigenvalue weighted by Crippen LogP contribution is -2.00. The summed E-state index contributed by atoms with van der Waals surface area (Å²) in [5.41, 5.74) is 0.832. The van der Waals surface area contributed by atoms with E-state index in [0.717, 1.165) is 33.2 Å². The fraction of sp³-hybridized carbons (Fsp3) is 0.130. The highest BCUT2D eigenvalue weighted by atomic mass is 16.5. The maximum Gasteiger partial charge on any atom is 0.337 e. The van der Waals surface area contributed by atoms with Crippen molar-refractivity contribution in [3.05, 3.63) is 72.1 Å². The molecule has 0 fully saturated rings. The van der Waals surface area contributed by atoms with Gasteiger partial charge in [0.2, 0.25) is 0 Å². The summed E-state index contributed by atoms with van der Waals surface area (Å²) in [6.45, 7) is 0. The number of hydrogen-bond donors (Lipinski definition) is 3. The molecule has 2 heterocycles. The van der Waals surface area contributed by atoms with Crippen molar-refractivity contribution in [1.29, 1.82) is 0 Å². The molecule has 0 aliphatic heterocycles. The average molecular weight is 418 g/mol. The molecule has 0 unspecified atom stereocenters. The second-order valence-electron chi connectivity index (χ2n) is 6.56. The van der Waals surface area contributed by atoms with Crippen molar-refractivity contribution < 1.29 is 19.4 Å². The zero-order valence-corrected chi connectivity index (χ0v) is 17.3. The third-order valence-corrected chi connectivity index (χ3v) is 4.62. The van der Waals surface area contributed by atoms with E-state index in [-0.39, 0.29) is 11.5 Å². The van der Waals surface area contributed by atoms with Crippen molar-refractivity contribution >= 4 is 45.1 Å². The second kappa shape index (κ2) is 9.53. The third kappa shape index (κ3) is 5.05. The molecule has 0 saturated heterocycles. The Kier molecular flexibility index (Phi) is 6.61. The smallest absolute Gasteiger partial charge is 0.337 e. The average Bonchev–Trinajstić information content (AvgIpc) is 2.82. The number of carbonyl (C=O) groups excluding carboxylic acids is 1. The topological polar surface area (TPSA) is 113 Å². The van der Waals surface area contributed by atoms with Crippen LogP contribution in [0.1, 0.15) is 20.7 Å². The molecule has 0 aliphatic carbocycles. The summed E-state index contributed by atoms with van der Waals surface area (Å²) in [6.07, 6.45) is 3.48. The summed E-state index contributed by atoms with van der Waals surface area (Å²) in [6, 6.07) is 14.1. The molecule has 0 bridgehead atoms. The number of aromatic nitrogens is 2. The van der Waals surface area contributed by atoms with Crippen LogP contribution in [0.25, 0.3) is 21.5 Å². The van der Waals surface area contributed by atoms with Gasteiger partial charge in [-0.2, -0.15) is 0 Å². The minimum Gasteiger partial charge on any atom is -0.478 e. The second-order valence-corrected chi connectivity index (χ2v) is 6.56. The van der Waals surface area contributed by atoms with Crippen molar-refractivity contribution in [2.75, 3.05) is 31.8 Å². The van der Waals surface area contributed by atoms with Crippen LogP contribution < -0.4 is 10.6 Å².